The van der Waals surface area contributed by atoms with Crippen molar-refractivity contribution in [2.75, 3.05) is 13.7 Å². The molecule has 1 N–H and O–H groups in total. The summed E-state index contributed by atoms with van der Waals surface area (Å²) in [4.78, 5) is 37.9. The predicted octanol–water partition coefficient (Wildman–Crippen LogP) is 1.68. The summed E-state index contributed by atoms with van der Waals surface area (Å²) < 4.78 is 4.87. The molecule has 0 bridgehead atoms. The monoisotopic (exact) mass is 311 g/mol. The lowest BCUT2D eigenvalue weighted by atomic mass is 9.65. The van der Waals surface area contributed by atoms with Gasteiger partial charge in [0.2, 0.25) is 5.91 Å². The minimum absolute atomic E-state index is 0.145. The van der Waals surface area contributed by atoms with Crippen LogP contribution in [0.15, 0.2) is 0 Å². The van der Waals surface area contributed by atoms with Crippen molar-refractivity contribution in [3.8, 4) is 0 Å². The van der Waals surface area contributed by atoms with E-state index in [-0.39, 0.29) is 17.8 Å². The largest absolute Gasteiger partial charge is 0.480 e. The number of esters is 1. The van der Waals surface area contributed by atoms with E-state index in [1.165, 1.54) is 12.0 Å². The number of hydrogen-bond donors (Lipinski definition) is 1. The first-order valence-corrected chi connectivity index (χ1v) is 7.78. The molecule has 0 aromatic carbocycles. The minimum atomic E-state index is -0.949. The van der Waals surface area contributed by atoms with E-state index in [2.05, 4.69) is 0 Å². The molecule has 6 nitrogen and oxygen atoms in total. The SMILES string of the molecule is COC(=O)[C@H]1CC[C@@](C)(C(=O)N2CCC[C@H]2C(=O)O)C1(C)C. The van der Waals surface area contributed by atoms with Gasteiger partial charge in [-0.1, -0.05) is 20.8 Å². The lowest BCUT2D eigenvalue weighted by Crippen LogP contribution is -2.52. The van der Waals surface area contributed by atoms with Crippen LogP contribution in [-0.4, -0.2) is 47.5 Å². The number of methoxy groups -OCH3 is 1. The van der Waals surface area contributed by atoms with E-state index in [1.807, 2.05) is 20.8 Å². The van der Waals surface area contributed by atoms with Crippen molar-refractivity contribution in [3.63, 3.8) is 0 Å². The molecule has 2 aliphatic rings. The van der Waals surface area contributed by atoms with Gasteiger partial charge in [0, 0.05) is 6.54 Å². The first-order valence-electron chi connectivity index (χ1n) is 7.78. The first kappa shape index (κ1) is 16.8. The summed E-state index contributed by atoms with van der Waals surface area (Å²) in [6.07, 6.45) is 2.37. The normalized spacial score (nSPS) is 33.7. The van der Waals surface area contributed by atoms with Crippen LogP contribution in [0, 0.1) is 16.7 Å². The molecule has 6 heteroatoms. The second-order valence-electron chi connectivity index (χ2n) is 7.16. The van der Waals surface area contributed by atoms with Gasteiger partial charge in [-0.2, -0.15) is 0 Å². The fraction of sp³-hybridized carbons (Fsp3) is 0.812. The number of carbonyl (C=O) groups excluding carboxylic acids is 2. The minimum Gasteiger partial charge on any atom is -0.480 e. The van der Waals surface area contributed by atoms with Crippen molar-refractivity contribution in [1.82, 2.24) is 4.90 Å². The molecule has 2 rings (SSSR count). The Bertz CT molecular complexity index is 501. The number of amides is 1. The van der Waals surface area contributed by atoms with E-state index >= 15 is 0 Å². The predicted molar refractivity (Wildman–Crippen MR) is 79.0 cm³/mol. The van der Waals surface area contributed by atoms with Crippen LogP contribution >= 0.6 is 0 Å². The first-order chi connectivity index (χ1) is 10.2. The highest BCUT2D eigenvalue weighted by Crippen LogP contribution is 2.57. The average Bonchev–Trinajstić information content (AvgIpc) is 3.02. The van der Waals surface area contributed by atoms with E-state index in [0.29, 0.717) is 32.2 Å². The highest BCUT2D eigenvalue weighted by atomic mass is 16.5. The van der Waals surface area contributed by atoms with Gasteiger partial charge in [-0.05, 0) is 31.1 Å². The maximum Gasteiger partial charge on any atom is 0.326 e. The number of carboxylic acid groups (broad SMARTS) is 1. The summed E-state index contributed by atoms with van der Waals surface area (Å²) in [6, 6.07) is -0.739. The molecule has 1 aliphatic heterocycles. The molecule has 0 unspecified atom stereocenters. The Kier molecular flexibility index (Phi) is 4.24. The van der Waals surface area contributed by atoms with Crippen LogP contribution in [-0.2, 0) is 19.1 Å². The zero-order valence-electron chi connectivity index (χ0n) is 13.7. The summed E-state index contributed by atoms with van der Waals surface area (Å²) in [5.41, 5.74) is -1.31. The highest BCUT2D eigenvalue weighted by Gasteiger charge is 2.60. The fourth-order valence-corrected chi connectivity index (χ4v) is 4.02. The number of rotatable bonds is 3. The van der Waals surface area contributed by atoms with Crippen LogP contribution in [0.4, 0.5) is 0 Å². The zero-order chi connectivity index (χ0) is 16.7. The maximum absolute atomic E-state index is 13.1. The van der Waals surface area contributed by atoms with E-state index in [0.717, 1.165) is 0 Å². The van der Waals surface area contributed by atoms with Crippen LogP contribution in [0.1, 0.15) is 46.5 Å². The third-order valence-corrected chi connectivity index (χ3v) is 5.98. The number of ether oxygens (including phenoxy) is 1. The molecule has 3 atom stereocenters. The quantitative estimate of drug-likeness (QED) is 0.802. The molecule has 1 saturated heterocycles. The Morgan fingerprint density at radius 2 is 1.82 bits per heavy atom. The summed E-state index contributed by atoms with van der Waals surface area (Å²) in [5, 5.41) is 9.30. The second-order valence-corrected chi connectivity index (χ2v) is 7.16. The summed E-state index contributed by atoms with van der Waals surface area (Å²) >= 11 is 0. The number of carbonyl (C=O) groups is 3. The Hall–Kier alpha value is -1.59. The van der Waals surface area contributed by atoms with Gasteiger partial charge in [-0.15, -0.1) is 0 Å². The fourth-order valence-electron chi connectivity index (χ4n) is 4.02. The summed E-state index contributed by atoms with van der Waals surface area (Å²) in [7, 11) is 1.36. The van der Waals surface area contributed by atoms with Gasteiger partial charge >= 0.3 is 11.9 Å². The van der Waals surface area contributed by atoms with Crippen LogP contribution in [0.25, 0.3) is 0 Å². The molecule has 0 radical (unpaired) electrons. The topological polar surface area (TPSA) is 83.9 Å². The molecular weight excluding hydrogens is 286 g/mol. The lowest BCUT2D eigenvalue weighted by Gasteiger charge is -2.42. The van der Waals surface area contributed by atoms with Gasteiger partial charge in [-0.25, -0.2) is 4.79 Å². The Morgan fingerprint density at radius 1 is 1.18 bits per heavy atom. The molecule has 0 spiro atoms. The highest BCUT2D eigenvalue weighted by molar-refractivity contribution is 5.90. The number of nitrogens with zero attached hydrogens (tertiary/aromatic N) is 1. The van der Waals surface area contributed by atoms with Gasteiger partial charge in [0.05, 0.1) is 18.4 Å². The van der Waals surface area contributed by atoms with Crippen molar-refractivity contribution in [2.24, 2.45) is 16.7 Å². The second kappa shape index (κ2) is 5.56. The van der Waals surface area contributed by atoms with Gasteiger partial charge in [-0.3, -0.25) is 9.59 Å². The van der Waals surface area contributed by atoms with Crippen molar-refractivity contribution in [1.29, 1.82) is 0 Å². The Balaban J connectivity index is 2.29. The number of aliphatic carboxylic acids is 1. The number of carboxylic acids is 1. The molecule has 0 aromatic rings. The number of likely N-dealkylation sites (tertiary alicyclic amines) is 1. The third-order valence-electron chi connectivity index (χ3n) is 5.98. The standard InChI is InChI=1S/C16H25NO5/c1-15(2)10(13(20)22-4)7-8-16(15,3)14(21)17-9-5-6-11(17)12(18)19/h10-11H,5-9H2,1-4H3,(H,18,19)/t10-,11+,16+/m1/s1. The van der Waals surface area contributed by atoms with Crippen molar-refractivity contribution in [2.45, 2.75) is 52.5 Å². The number of hydrogen-bond acceptors (Lipinski definition) is 4. The van der Waals surface area contributed by atoms with Gasteiger partial charge in [0.15, 0.2) is 0 Å². The summed E-state index contributed by atoms with van der Waals surface area (Å²) in [5.74, 6) is -1.72. The van der Waals surface area contributed by atoms with E-state index in [1.54, 1.807) is 0 Å². The maximum atomic E-state index is 13.1. The molecule has 1 amide bonds. The van der Waals surface area contributed by atoms with Crippen molar-refractivity contribution >= 4 is 17.8 Å². The molecule has 2 fully saturated rings. The van der Waals surface area contributed by atoms with E-state index in [9.17, 15) is 19.5 Å². The van der Waals surface area contributed by atoms with Gasteiger partial charge in [0.25, 0.3) is 0 Å². The van der Waals surface area contributed by atoms with E-state index < -0.39 is 22.8 Å². The smallest absolute Gasteiger partial charge is 0.326 e. The molecular formula is C16H25NO5. The molecule has 22 heavy (non-hydrogen) atoms. The van der Waals surface area contributed by atoms with Gasteiger partial charge < -0.3 is 14.7 Å². The van der Waals surface area contributed by atoms with Crippen LogP contribution in [0.3, 0.4) is 0 Å². The van der Waals surface area contributed by atoms with Crippen LogP contribution < -0.4 is 0 Å². The molecule has 1 heterocycles. The molecule has 0 aromatic heterocycles. The third kappa shape index (κ3) is 2.29. The van der Waals surface area contributed by atoms with E-state index in [4.69, 9.17) is 4.74 Å². The summed E-state index contributed by atoms with van der Waals surface area (Å²) in [6.45, 7) is 6.15. The molecule has 124 valence electrons. The Labute approximate surface area is 130 Å². The lowest BCUT2D eigenvalue weighted by molar-refractivity contribution is -0.160. The average molecular weight is 311 g/mol. The van der Waals surface area contributed by atoms with Crippen LogP contribution in [0.5, 0.6) is 0 Å². The van der Waals surface area contributed by atoms with Crippen LogP contribution in [0.2, 0.25) is 0 Å². The van der Waals surface area contributed by atoms with Crippen molar-refractivity contribution < 1.29 is 24.2 Å². The molecule has 1 saturated carbocycles. The van der Waals surface area contributed by atoms with Crippen molar-refractivity contribution in [3.05, 3.63) is 0 Å². The Morgan fingerprint density at radius 3 is 2.36 bits per heavy atom. The molecule has 1 aliphatic carbocycles. The van der Waals surface area contributed by atoms with Gasteiger partial charge in [0.1, 0.15) is 6.04 Å². The zero-order valence-corrected chi connectivity index (χ0v) is 13.7.